The van der Waals surface area contributed by atoms with Crippen LogP contribution in [0.1, 0.15) is 26.7 Å². The first kappa shape index (κ1) is 9.75. The van der Waals surface area contributed by atoms with Crippen LogP contribution >= 0.6 is 0 Å². The number of rotatable bonds is 2. The lowest BCUT2D eigenvalue weighted by molar-refractivity contribution is -0.00126. The second-order valence-corrected chi connectivity index (χ2v) is 5.33. The average Bonchev–Trinajstić information content (AvgIpc) is 2.79. The van der Waals surface area contributed by atoms with Gasteiger partial charge in [0.15, 0.2) is 0 Å². The Hall–Kier alpha value is -1.45. The third-order valence-corrected chi connectivity index (χ3v) is 4.26. The summed E-state index contributed by atoms with van der Waals surface area (Å²) in [5.74, 6) is 1.57. The summed E-state index contributed by atoms with van der Waals surface area (Å²) >= 11 is 0. The van der Waals surface area contributed by atoms with Crippen molar-refractivity contribution >= 4 is 6.21 Å². The second kappa shape index (κ2) is 3.27. The number of nitrogens with zero attached hydrogens (tertiary/aromatic N) is 4. The van der Waals surface area contributed by atoms with Gasteiger partial charge in [0.1, 0.15) is 12.7 Å². The Morgan fingerprint density at radius 1 is 1.44 bits per heavy atom. The molecule has 0 unspecified atom stereocenters. The van der Waals surface area contributed by atoms with Crippen molar-refractivity contribution in [2.45, 2.75) is 26.7 Å². The van der Waals surface area contributed by atoms with Gasteiger partial charge in [-0.05, 0) is 35.7 Å². The SMILES string of the molecule is CC1(C)[C@@H]2CC=C(/C=N\n3cnnc3)[C@H]1C2. The second-order valence-electron chi connectivity index (χ2n) is 5.33. The van der Waals surface area contributed by atoms with Gasteiger partial charge >= 0.3 is 0 Å². The van der Waals surface area contributed by atoms with Crippen molar-refractivity contribution in [3.63, 3.8) is 0 Å². The highest BCUT2D eigenvalue weighted by Crippen LogP contribution is 2.58. The van der Waals surface area contributed by atoms with Crippen LogP contribution in [0.15, 0.2) is 29.4 Å². The maximum absolute atomic E-state index is 4.33. The summed E-state index contributed by atoms with van der Waals surface area (Å²) < 4.78 is 1.64. The fourth-order valence-electron chi connectivity index (χ4n) is 2.93. The van der Waals surface area contributed by atoms with Crippen molar-refractivity contribution < 1.29 is 0 Å². The molecule has 0 spiro atoms. The van der Waals surface area contributed by atoms with Crippen molar-refractivity contribution in [1.29, 1.82) is 0 Å². The van der Waals surface area contributed by atoms with E-state index in [0.29, 0.717) is 11.3 Å². The van der Waals surface area contributed by atoms with Crippen molar-refractivity contribution in [3.05, 3.63) is 24.3 Å². The van der Waals surface area contributed by atoms with E-state index >= 15 is 0 Å². The highest BCUT2D eigenvalue weighted by atomic mass is 15.4. The van der Waals surface area contributed by atoms with Crippen LogP contribution in [-0.4, -0.2) is 21.1 Å². The van der Waals surface area contributed by atoms with Gasteiger partial charge in [-0.25, -0.2) is 4.68 Å². The van der Waals surface area contributed by atoms with E-state index in [9.17, 15) is 0 Å². The molecule has 4 heteroatoms. The van der Waals surface area contributed by atoms with E-state index in [1.165, 1.54) is 18.4 Å². The molecule has 1 heterocycles. The van der Waals surface area contributed by atoms with Gasteiger partial charge in [0.2, 0.25) is 0 Å². The largest absolute Gasteiger partial charge is 0.208 e. The Labute approximate surface area is 95.1 Å². The normalized spacial score (nSPS) is 31.2. The summed E-state index contributed by atoms with van der Waals surface area (Å²) in [5.41, 5.74) is 1.84. The van der Waals surface area contributed by atoms with Crippen LogP contribution in [0.5, 0.6) is 0 Å². The molecule has 4 rings (SSSR count). The maximum Gasteiger partial charge on any atom is 0.141 e. The maximum atomic E-state index is 4.33. The summed E-state index contributed by atoms with van der Waals surface area (Å²) in [6.07, 6.45) is 10.0. The molecule has 0 saturated heterocycles. The predicted octanol–water partition coefficient (Wildman–Crippen LogP) is 2.10. The molecule has 0 amide bonds. The highest BCUT2D eigenvalue weighted by Gasteiger charge is 2.50. The summed E-state index contributed by atoms with van der Waals surface area (Å²) in [5, 5.41) is 11.8. The van der Waals surface area contributed by atoms with Crippen molar-refractivity contribution in [2.24, 2.45) is 22.4 Å². The van der Waals surface area contributed by atoms with E-state index < -0.39 is 0 Å². The lowest BCUT2D eigenvalue weighted by atomic mass is 9.49. The monoisotopic (exact) mass is 216 g/mol. The van der Waals surface area contributed by atoms with Crippen LogP contribution < -0.4 is 0 Å². The Balaban J connectivity index is 1.79. The van der Waals surface area contributed by atoms with Gasteiger partial charge in [-0.15, -0.1) is 10.2 Å². The molecule has 1 fully saturated rings. The van der Waals surface area contributed by atoms with Gasteiger partial charge in [-0.2, -0.15) is 5.10 Å². The number of aromatic nitrogens is 3. The van der Waals surface area contributed by atoms with Crippen molar-refractivity contribution in [2.75, 3.05) is 0 Å². The zero-order valence-corrected chi connectivity index (χ0v) is 9.67. The van der Waals surface area contributed by atoms with Gasteiger partial charge < -0.3 is 0 Å². The van der Waals surface area contributed by atoms with Crippen LogP contribution in [0.25, 0.3) is 0 Å². The van der Waals surface area contributed by atoms with E-state index in [1.807, 2.05) is 6.21 Å². The first-order valence-corrected chi connectivity index (χ1v) is 5.77. The predicted molar refractivity (Wildman–Crippen MR) is 62.0 cm³/mol. The zero-order chi connectivity index (χ0) is 11.2. The molecule has 1 saturated carbocycles. The first-order chi connectivity index (χ1) is 7.68. The summed E-state index contributed by atoms with van der Waals surface area (Å²) in [6, 6.07) is 0. The fraction of sp³-hybridized carbons (Fsp3) is 0.583. The molecule has 3 aliphatic carbocycles. The van der Waals surface area contributed by atoms with Crippen LogP contribution in [-0.2, 0) is 0 Å². The Morgan fingerprint density at radius 2 is 2.19 bits per heavy atom. The smallest absolute Gasteiger partial charge is 0.141 e. The van der Waals surface area contributed by atoms with Crippen LogP contribution in [0.3, 0.4) is 0 Å². The van der Waals surface area contributed by atoms with Gasteiger partial charge in [0.25, 0.3) is 0 Å². The number of hydrogen-bond donors (Lipinski definition) is 0. The third kappa shape index (κ3) is 1.32. The summed E-state index contributed by atoms with van der Waals surface area (Å²) in [7, 11) is 0. The molecule has 1 aromatic rings. The molecule has 0 radical (unpaired) electrons. The average molecular weight is 216 g/mol. The molecular weight excluding hydrogens is 200 g/mol. The lowest BCUT2D eigenvalue weighted by Crippen LogP contribution is -2.48. The molecule has 2 atom stereocenters. The molecule has 0 N–H and O–H groups in total. The van der Waals surface area contributed by atoms with Gasteiger partial charge in [-0.1, -0.05) is 19.9 Å². The molecule has 2 bridgehead atoms. The van der Waals surface area contributed by atoms with Gasteiger partial charge in [-0.3, -0.25) is 0 Å². The number of fused-ring (bicyclic) bond motifs is 1. The van der Waals surface area contributed by atoms with E-state index in [1.54, 1.807) is 17.3 Å². The van der Waals surface area contributed by atoms with Crippen LogP contribution in [0, 0.1) is 17.3 Å². The molecule has 1 aromatic heterocycles. The molecule has 0 aliphatic heterocycles. The Kier molecular flexibility index (Phi) is 1.99. The third-order valence-electron chi connectivity index (χ3n) is 4.26. The standard InChI is InChI=1S/C12H16N4/c1-12(2)10-4-3-9(11(12)5-10)6-15-16-7-13-14-8-16/h3,6-8,10-11H,4-5H2,1-2H3/b15-6-/t10-,11-/m1/s1. The minimum Gasteiger partial charge on any atom is -0.208 e. The Bertz CT molecular complexity index is 442. The fourth-order valence-corrected chi connectivity index (χ4v) is 2.93. The van der Waals surface area contributed by atoms with E-state index in [2.05, 4.69) is 35.2 Å². The molecular formula is C12H16N4. The summed E-state index contributed by atoms with van der Waals surface area (Å²) in [4.78, 5) is 0. The minimum absolute atomic E-state index is 0.462. The number of allylic oxidation sites excluding steroid dienone is 2. The first-order valence-electron chi connectivity index (χ1n) is 5.77. The van der Waals surface area contributed by atoms with Gasteiger partial charge in [0.05, 0.1) is 6.21 Å². The van der Waals surface area contributed by atoms with Gasteiger partial charge in [0, 0.05) is 0 Å². The molecule has 16 heavy (non-hydrogen) atoms. The van der Waals surface area contributed by atoms with E-state index in [4.69, 9.17) is 0 Å². The molecule has 4 nitrogen and oxygen atoms in total. The minimum atomic E-state index is 0.462. The van der Waals surface area contributed by atoms with Crippen LogP contribution in [0.4, 0.5) is 0 Å². The Morgan fingerprint density at radius 3 is 2.81 bits per heavy atom. The molecule has 0 aromatic carbocycles. The quantitative estimate of drug-likeness (QED) is 0.710. The zero-order valence-electron chi connectivity index (χ0n) is 9.67. The highest BCUT2D eigenvalue weighted by molar-refractivity contribution is 5.80. The molecule has 84 valence electrons. The number of hydrogen-bond acceptors (Lipinski definition) is 3. The van der Waals surface area contributed by atoms with Crippen molar-refractivity contribution in [3.8, 4) is 0 Å². The van der Waals surface area contributed by atoms with E-state index in [-0.39, 0.29) is 0 Å². The topological polar surface area (TPSA) is 43.1 Å². The lowest BCUT2D eigenvalue weighted by Gasteiger charge is -2.55. The van der Waals surface area contributed by atoms with Crippen LogP contribution in [0.2, 0.25) is 0 Å². The summed E-state index contributed by atoms with van der Waals surface area (Å²) in [6.45, 7) is 4.73. The van der Waals surface area contributed by atoms with Crippen molar-refractivity contribution in [1.82, 2.24) is 14.9 Å². The van der Waals surface area contributed by atoms with E-state index in [0.717, 1.165) is 5.92 Å². The molecule has 3 aliphatic rings.